The first-order valence-electron chi connectivity index (χ1n) is 6.09. The molecule has 1 saturated heterocycles. The fourth-order valence-corrected chi connectivity index (χ4v) is 2.38. The Bertz CT molecular complexity index is 581. The fourth-order valence-electron chi connectivity index (χ4n) is 1.70. The van der Waals surface area contributed by atoms with Gasteiger partial charge in [-0.1, -0.05) is 6.07 Å². The van der Waals surface area contributed by atoms with Gasteiger partial charge in [-0.2, -0.15) is 0 Å². The second-order valence-electron chi connectivity index (χ2n) is 4.43. The van der Waals surface area contributed by atoms with E-state index >= 15 is 0 Å². The summed E-state index contributed by atoms with van der Waals surface area (Å²) in [4.78, 5) is 22.9. The summed E-state index contributed by atoms with van der Waals surface area (Å²) in [5, 5.41) is 1.86. The fraction of sp³-hybridized carbons (Fsp3) is 0.286. The lowest BCUT2D eigenvalue weighted by atomic mass is 10.2. The smallest absolute Gasteiger partial charge is 0.290 e. The number of rotatable bonds is 4. The van der Waals surface area contributed by atoms with Crippen LogP contribution in [0.2, 0.25) is 0 Å². The van der Waals surface area contributed by atoms with E-state index in [-0.39, 0.29) is 17.3 Å². The maximum atomic E-state index is 11.5. The van der Waals surface area contributed by atoms with E-state index in [1.165, 1.54) is 0 Å². The highest BCUT2D eigenvalue weighted by Gasteiger charge is 2.25. The second kappa shape index (κ2) is 6.00. The summed E-state index contributed by atoms with van der Waals surface area (Å²) >= 11 is 0.886. The van der Waals surface area contributed by atoms with Gasteiger partial charge in [0.05, 0.1) is 18.1 Å². The monoisotopic (exact) mass is 293 g/mol. The molecule has 1 aliphatic heterocycles. The molecule has 0 atom stereocenters. The number of amides is 2. The van der Waals surface area contributed by atoms with Crippen LogP contribution in [-0.4, -0.2) is 24.4 Å². The average Bonchev–Trinajstić information content (AvgIpc) is 2.69. The first kappa shape index (κ1) is 14.5. The molecule has 1 aromatic carbocycles. The molecule has 5 nitrogen and oxygen atoms in total. The Hall–Kier alpha value is -1.95. The lowest BCUT2D eigenvalue weighted by Crippen LogP contribution is -2.17. The van der Waals surface area contributed by atoms with Gasteiger partial charge in [0, 0.05) is 0 Å². The summed E-state index contributed by atoms with van der Waals surface area (Å²) < 4.78 is 10.9. The summed E-state index contributed by atoms with van der Waals surface area (Å²) in [6, 6.07) is 5.36. The van der Waals surface area contributed by atoms with E-state index in [0.29, 0.717) is 16.4 Å². The molecule has 0 saturated carbocycles. The Morgan fingerprint density at radius 3 is 2.55 bits per heavy atom. The molecule has 2 rings (SSSR count). The van der Waals surface area contributed by atoms with Gasteiger partial charge in [0.25, 0.3) is 11.1 Å². The highest BCUT2D eigenvalue weighted by atomic mass is 32.2. The van der Waals surface area contributed by atoms with E-state index in [1.807, 2.05) is 19.9 Å². The number of benzene rings is 1. The third-order valence-corrected chi connectivity index (χ3v) is 3.30. The van der Waals surface area contributed by atoms with Crippen LogP contribution < -0.4 is 14.8 Å². The maximum absolute atomic E-state index is 11.5. The molecule has 1 fully saturated rings. The SMILES string of the molecule is COc1cc(/C=C2\SC(=O)NC2=O)ccc1OC(C)C. The topological polar surface area (TPSA) is 64.6 Å². The van der Waals surface area contributed by atoms with E-state index in [9.17, 15) is 9.59 Å². The van der Waals surface area contributed by atoms with Crippen molar-refractivity contribution in [1.29, 1.82) is 0 Å². The second-order valence-corrected chi connectivity index (χ2v) is 5.44. The summed E-state index contributed by atoms with van der Waals surface area (Å²) in [6.07, 6.45) is 1.69. The van der Waals surface area contributed by atoms with Gasteiger partial charge in [0.2, 0.25) is 0 Å². The van der Waals surface area contributed by atoms with Gasteiger partial charge >= 0.3 is 0 Å². The van der Waals surface area contributed by atoms with Gasteiger partial charge in [0.15, 0.2) is 11.5 Å². The Morgan fingerprint density at radius 1 is 1.25 bits per heavy atom. The van der Waals surface area contributed by atoms with Crippen LogP contribution in [0.25, 0.3) is 6.08 Å². The molecule has 1 aromatic rings. The number of hydrogen-bond donors (Lipinski definition) is 1. The maximum Gasteiger partial charge on any atom is 0.290 e. The molecular formula is C14H15NO4S. The number of ether oxygens (including phenoxy) is 2. The van der Waals surface area contributed by atoms with Crippen molar-refractivity contribution in [2.24, 2.45) is 0 Å². The van der Waals surface area contributed by atoms with Crippen molar-refractivity contribution in [3.63, 3.8) is 0 Å². The van der Waals surface area contributed by atoms with Crippen molar-refractivity contribution in [2.45, 2.75) is 20.0 Å². The first-order chi connectivity index (χ1) is 9.49. The van der Waals surface area contributed by atoms with Gasteiger partial charge in [-0.3, -0.25) is 14.9 Å². The Labute approximate surface area is 121 Å². The summed E-state index contributed by atoms with van der Waals surface area (Å²) in [5.74, 6) is 0.855. The molecular weight excluding hydrogens is 278 g/mol. The van der Waals surface area contributed by atoms with E-state index in [2.05, 4.69) is 5.32 Å². The summed E-state index contributed by atoms with van der Waals surface area (Å²) in [6.45, 7) is 3.86. The predicted octanol–water partition coefficient (Wildman–Crippen LogP) is 2.81. The van der Waals surface area contributed by atoms with E-state index < -0.39 is 0 Å². The normalized spacial score (nSPS) is 16.7. The number of carbonyl (C=O) groups excluding carboxylic acids is 2. The van der Waals surface area contributed by atoms with E-state index in [0.717, 1.165) is 17.3 Å². The lowest BCUT2D eigenvalue weighted by molar-refractivity contribution is -0.115. The van der Waals surface area contributed by atoms with Crippen molar-refractivity contribution in [3.05, 3.63) is 28.7 Å². The minimum Gasteiger partial charge on any atom is -0.493 e. The van der Waals surface area contributed by atoms with Gasteiger partial charge in [-0.15, -0.1) is 0 Å². The Balaban J connectivity index is 2.28. The number of methoxy groups -OCH3 is 1. The molecule has 0 spiro atoms. The number of imide groups is 1. The quantitative estimate of drug-likeness (QED) is 0.865. The zero-order chi connectivity index (χ0) is 14.7. The van der Waals surface area contributed by atoms with Crippen molar-refractivity contribution in [3.8, 4) is 11.5 Å². The van der Waals surface area contributed by atoms with E-state index in [1.54, 1.807) is 25.3 Å². The first-order valence-corrected chi connectivity index (χ1v) is 6.91. The molecule has 1 aliphatic rings. The molecule has 106 valence electrons. The molecule has 1 heterocycles. The number of thioether (sulfide) groups is 1. The minimum absolute atomic E-state index is 0.0434. The van der Waals surface area contributed by atoms with Crippen LogP contribution in [0.3, 0.4) is 0 Å². The average molecular weight is 293 g/mol. The molecule has 0 radical (unpaired) electrons. The van der Waals surface area contributed by atoms with Gasteiger partial charge in [-0.25, -0.2) is 0 Å². The molecule has 0 aromatic heterocycles. The highest BCUT2D eigenvalue weighted by molar-refractivity contribution is 8.18. The van der Waals surface area contributed by atoms with Crippen molar-refractivity contribution in [2.75, 3.05) is 7.11 Å². The predicted molar refractivity (Wildman–Crippen MR) is 77.9 cm³/mol. The molecule has 0 aliphatic carbocycles. The van der Waals surface area contributed by atoms with Crippen molar-refractivity contribution in [1.82, 2.24) is 5.32 Å². The third-order valence-electron chi connectivity index (χ3n) is 2.49. The zero-order valence-corrected chi connectivity index (χ0v) is 12.2. The van der Waals surface area contributed by atoms with Crippen molar-refractivity contribution >= 4 is 29.0 Å². The van der Waals surface area contributed by atoms with Crippen LogP contribution in [0.5, 0.6) is 11.5 Å². The van der Waals surface area contributed by atoms with Crippen LogP contribution in [-0.2, 0) is 4.79 Å². The third kappa shape index (κ3) is 3.33. The van der Waals surface area contributed by atoms with Crippen LogP contribution in [0, 0.1) is 0 Å². The minimum atomic E-state index is -0.374. The molecule has 0 unspecified atom stereocenters. The molecule has 6 heteroatoms. The standard InChI is InChI=1S/C14H15NO4S/c1-8(2)19-10-5-4-9(6-11(10)18-3)7-12-13(16)15-14(17)20-12/h4-8H,1-3H3,(H,15,16,17)/b12-7-. The number of carbonyl (C=O) groups is 2. The number of hydrogen-bond acceptors (Lipinski definition) is 5. The van der Waals surface area contributed by atoms with Crippen LogP contribution >= 0.6 is 11.8 Å². The Morgan fingerprint density at radius 2 is 2.00 bits per heavy atom. The lowest BCUT2D eigenvalue weighted by Gasteiger charge is -2.13. The zero-order valence-electron chi connectivity index (χ0n) is 11.4. The largest absolute Gasteiger partial charge is 0.493 e. The summed E-state index contributed by atoms with van der Waals surface area (Å²) in [5.41, 5.74) is 0.769. The van der Waals surface area contributed by atoms with E-state index in [4.69, 9.17) is 9.47 Å². The molecule has 2 amide bonds. The Kier molecular flexibility index (Phi) is 4.34. The molecule has 1 N–H and O–H groups in total. The van der Waals surface area contributed by atoms with Crippen molar-refractivity contribution < 1.29 is 19.1 Å². The van der Waals surface area contributed by atoms with Gasteiger partial charge < -0.3 is 9.47 Å². The van der Waals surface area contributed by atoms with Gasteiger partial charge in [-0.05, 0) is 49.4 Å². The number of nitrogens with one attached hydrogen (secondary N) is 1. The van der Waals surface area contributed by atoms with Crippen LogP contribution in [0.1, 0.15) is 19.4 Å². The molecule has 20 heavy (non-hydrogen) atoms. The molecule has 0 bridgehead atoms. The highest BCUT2D eigenvalue weighted by Crippen LogP contribution is 2.31. The van der Waals surface area contributed by atoms with Gasteiger partial charge in [0.1, 0.15) is 0 Å². The summed E-state index contributed by atoms with van der Waals surface area (Å²) in [7, 11) is 1.56. The van der Waals surface area contributed by atoms with Crippen LogP contribution in [0.4, 0.5) is 4.79 Å². The van der Waals surface area contributed by atoms with Crippen LogP contribution in [0.15, 0.2) is 23.1 Å².